The van der Waals surface area contributed by atoms with Crippen LogP contribution in [0, 0.1) is 0 Å². The predicted molar refractivity (Wildman–Crippen MR) is 118 cm³/mol. The van der Waals surface area contributed by atoms with Gasteiger partial charge in [-0.1, -0.05) is 29.8 Å². The van der Waals surface area contributed by atoms with Crippen LogP contribution in [-0.2, 0) is 9.84 Å². The Morgan fingerprint density at radius 2 is 1.97 bits per heavy atom. The van der Waals surface area contributed by atoms with E-state index in [9.17, 15) is 13.2 Å². The molecule has 0 spiro atoms. The fourth-order valence-corrected chi connectivity index (χ4v) is 4.69. The smallest absolute Gasteiger partial charge is 0.258 e. The number of amides is 1. The molecular formula is C22H22ClN3O4S. The largest absolute Gasteiger partial charge is 0.488 e. The van der Waals surface area contributed by atoms with Crippen molar-refractivity contribution in [3.8, 4) is 5.75 Å². The average molecular weight is 460 g/mol. The molecule has 0 radical (unpaired) electrons. The van der Waals surface area contributed by atoms with Crippen molar-refractivity contribution >= 4 is 33.0 Å². The van der Waals surface area contributed by atoms with Gasteiger partial charge in [-0.25, -0.2) is 8.42 Å². The van der Waals surface area contributed by atoms with E-state index in [1.54, 1.807) is 10.9 Å². The van der Waals surface area contributed by atoms with Crippen molar-refractivity contribution in [2.75, 3.05) is 11.6 Å². The van der Waals surface area contributed by atoms with Gasteiger partial charge in [0.05, 0.1) is 22.7 Å². The number of para-hydroxylation sites is 1. The highest BCUT2D eigenvalue weighted by molar-refractivity contribution is 7.90. The van der Waals surface area contributed by atoms with Crippen molar-refractivity contribution in [1.82, 2.24) is 9.78 Å². The number of carbonyl (C=O) groups excluding carboxylic acids is 1. The van der Waals surface area contributed by atoms with Gasteiger partial charge in [-0.15, -0.1) is 0 Å². The van der Waals surface area contributed by atoms with E-state index in [1.807, 2.05) is 30.3 Å². The second-order valence-electron chi connectivity index (χ2n) is 7.58. The molecule has 7 nitrogen and oxygen atoms in total. The van der Waals surface area contributed by atoms with Crippen LogP contribution in [0.1, 0.15) is 35.7 Å². The Morgan fingerprint density at radius 1 is 1.19 bits per heavy atom. The molecule has 9 heteroatoms. The Bertz CT molecular complexity index is 1190. The van der Waals surface area contributed by atoms with Crippen LogP contribution in [0.5, 0.6) is 5.75 Å². The molecule has 1 aliphatic rings. The Labute approximate surface area is 185 Å². The number of sulfone groups is 1. The van der Waals surface area contributed by atoms with E-state index in [2.05, 4.69) is 10.4 Å². The molecule has 1 aliphatic carbocycles. The third-order valence-electron chi connectivity index (χ3n) is 5.21. The van der Waals surface area contributed by atoms with E-state index >= 15 is 0 Å². The van der Waals surface area contributed by atoms with Crippen LogP contribution in [0.15, 0.2) is 65.8 Å². The normalized spacial score (nSPS) is 18.6. The highest BCUT2D eigenvalue weighted by Crippen LogP contribution is 2.33. The van der Waals surface area contributed by atoms with Crippen LogP contribution in [0.2, 0.25) is 5.02 Å². The number of hydrogen-bond acceptors (Lipinski definition) is 5. The Hall–Kier alpha value is -2.84. The van der Waals surface area contributed by atoms with Gasteiger partial charge in [0.15, 0.2) is 9.84 Å². The first-order chi connectivity index (χ1) is 14.8. The lowest BCUT2D eigenvalue weighted by Crippen LogP contribution is -2.25. The van der Waals surface area contributed by atoms with Crippen LogP contribution in [0.3, 0.4) is 0 Å². The van der Waals surface area contributed by atoms with Crippen LogP contribution in [-0.4, -0.2) is 36.5 Å². The number of benzene rings is 2. The molecule has 4 rings (SSSR count). The molecule has 0 bridgehead atoms. The first-order valence-electron chi connectivity index (χ1n) is 9.87. The van der Waals surface area contributed by atoms with Crippen molar-refractivity contribution in [3.05, 3.63) is 71.5 Å². The number of hydrogen-bond donors (Lipinski definition) is 1. The first-order valence-corrected chi connectivity index (χ1v) is 12.1. The SMILES string of the molecule is CS(=O)(=O)c1cc(Cl)cc(NC(=O)c2cnn(C3CCCC3Oc3ccccc3)c2)c1. The van der Waals surface area contributed by atoms with Gasteiger partial charge in [-0.3, -0.25) is 9.48 Å². The summed E-state index contributed by atoms with van der Waals surface area (Å²) in [5.74, 6) is 0.415. The summed E-state index contributed by atoms with van der Waals surface area (Å²) in [7, 11) is -3.45. The molecule has 3 aromatic rings. The summed E-state index contributed by atoms with van der Waals surface area (Å²) in [6.07, 6.45) is 7.08. The summed E-state index contributed by atoms with van der Waals surface area (Å²) in [4.78, 5) is 12.7. The molecule has 0 aliphatic heterocycles. The monoisotopic (exact) mass is 459 g/mol. The topological polar surface area (TPSA) is 90.3 Å². The molecule has 2 atom stereocenters. The molecule has 1 saturated carbocycles. The zero-order chi connectivity index (χ0) is 22.0. The molecule has 1 N–H and O–H groups in total. The summed E-state index contributed by atoms with van der Waals surface area (Å²) >= 11 is 6.01. The van der Waals surface area contributed by atoms with Gasteiger partial charge >= 0.3 is 0 Å². The fraction of sp³-hybridized carbons (Fsp3) is 0.273. The average Bonchev–Trinajstić information content (AvgIpc) is 3.37. The third kappa shape index (κ3) is 5.08. The molecule has 1 aromatic heterocycles. The lowest BCUT2D eigenvalue weighted by Gasteiger charge is -2.21. The molecule has 0 saturated heterocycles. The lowest BCUT2D eigenvalue weighted by molar-refractivity contribution is 0.102. The van der Waals surface area contributed by atoms with Gasteiger partial charge in [-0.2, -0.15) is 5.10 Å². The molecule has 2 aromatic carbocycles. The minimum Gasteiger partial charge on any atom is -0.488 e. The lowest BCUT2D eigenvalue weighted by atomic mass is 10.2. The quantitative estimate of drug-likeness (QED) is 0.591. The van der Waals surface area contributed by atoms with E-state index in [0.717, 1.165) is 31.3 Å². The maximum atomic E-state index is 12.7. The van der Waals surface area contributed by atoms with Crippen LogP contribution in [0.25, 0.3) is 0 Å². The maximum Gasteiger partial charge on any atom is 0.258 e. The summed E-state index contributed by atoms with van der Waals surface area (Å²) in [5, 5.41) is 7.30. The van der Waals surface area contributed by atoms with Gasteiger partial charge in [0, 0.05) is 23.2 Å². The van der Waals surface area contributed by atoms with Gasteiger partial charge < -0.3 is 10.1 Å². The highest BCUT2D eigenvalue weighted by atomic mass is 35.5. The molecule has 1 heterocycles. The van der Waals surface area contributed by atoms with Crippen LogP contribution < -0.4 is 10.1 Å². The summed E-state index contributed by atoms with van der Waals surface area (Å²) in [6, 6.07) is 13.9. The highest BCUT2D eigenvalue weighted by Gasteiger charge is 2.31. The van der Waals surface area contributed by atoms with Crippen molar-refractivity contribution in [3.63, 3.8) is 0 Å². The van der Waals surface area contributed by atoms with Crippen molar-refractivity contribution in [1.29, 1.82) is 0 Å². The fourth-order valence-electron chi connectivity index (χ4n) is 3.71. The minimum atomic E-state index is -3.45. The van der Waals surface area contributed by atoms with Gasteiger partial charge in [0.1, 0.15) is 11.9 Å². The van der Waals surface area contributed by atoms with E-state index in [0.29, 0.717) is 11.3 Å². The van der Waals surface area contributed by atoms with Crippen molar-refractivity contribution in [2.45, 2.75) is 36.3 Å². The Kier molecular flexibility index (Phi) is 6.02. The molecular weight excluding hydrogens is 438 g/mol. The predicted octanol–water partition coefficient (Wildman–Crippen LogP) is 4.36. The van der Waals surface area contributed by atoms with Crippen LogP contribution in [0.4, 0.5) is 5.69 Å². The second kappa shape index (κ2) is 8.72. The van der Waals surface area contributed by atoms with Crippen molar-refractivity contribution in [2.24, 2.45) is 0 Å². The van der Waals surface area contributed by atoms with E-state index in [-0.39, 0.29) is 22.1 Å². The molecule has 1 amide bonds. The standard InChI is InChI=1S/C22H22ClN3O4S/c1-31(28,29)19-11-16(23)10-17(12-19)25-22(27)15-13-24-26(14-15)20-8-5-9-21(20)30-18-6-3-2-4-7-18/h2-4,6-7,10-14,20-21H,5,8-9H2,1H3,(H,25,27). The number of carbonyl (C=O) groups is 1. The van der Waals surface area contributed by atoms with Crippen molar-refractivity contribution < 1.29 is 17.9 Å². The molecule has 31 heavy (non-hydrogen) atoms. The summed E-state index contributed by atoms with van der Waals surface area (Å²) in [5.41, 5.74) is 0.670. The zero-order valence-corrected chi connectivity index (χ0v) is 18.4. The van der Waals surface area contributed by atoms with E-state index in [1.165, 1.54) is 24.4 Å². The first kappa shape index (κ1) is 21.4. The number of halogens is 1. The maximum absolute atomic E-state index is 12.7. The van der Waals surface area contributed by atoms with Gasteiger partial charge in [-0.05, 0) is 49.6 Å². The summed E-state index contributed by atoms with van der Waals surface area (Å²) in [6.45, 7) is 0. The number of anilines is 1. The van der Waals surface area contributed by atoms with E-state index < -0.39 is 15.7 Å². The number of nitrogens with zero attached hydrogens (tertiary/aromatic N) is 2. The third-order valence-corrected chi connectivity index (χ3v) is 6.52. The number of aromatic nitrogens is 2. The minimum absolute atomic E-state index is 0.0246. The summed E-state index contributed by atoms with van der Waals surface area (Å²) < 4.78 is 31.5. The molecule has 1 fully saturated rings. The number of ether oxygens (including phenoxy) is 1. The second-order valence-corrected chi connectivity index (χ2v) is 10.0. The Morgan fingerprint density at radius 3 is 2.71 bits per heavy atom. The van der Waals surface area contributed by atoms with Gasteiger partial charge in [0.2, 0.25) is 0 Å². The molecule has 2 unspecified atom stereocenters. The van der Waals surface area contributed by atoms with E-state index in [4.69, 9.17) is 16.3 Å². The number of rotatable bonds is 6. The Balaban J connectivity index is 1.48. The number of nitrogens with one attached hydrogen (secondary N) is 1. The molecule has 162 valence electrons. The van der Waals surface area contributed by atoms with Gasteiger partial charge in [0.25, 0.3) is 5.91 Å². The van der Waals surface area contributed by atoms with Crippen LogP contribution >= 0.6 is 11.6 Å². The zero-order valence-electron chi connectivity index (χ0n) is 16.9.